The van der Waals surface area contributed by atoms with E-state index in [0.29, 0.717) is 0 Å². The molecule has 1 unspecified atom stereocenters. The Morgan fingerprint density at radius 3 is 1.90 bits per heavy atom. The summed E-state index contributed by atoms with van der Waals surface area (Å²) < 4.78 is 5.05. The first-order valence-electron chi connectivity index (χ1n) is 3.46. The fraction of sp³-hybridized carbons (Fsp3) is 1.00. The van der Waals surface area contributed by atoms with Gasteiger partial charge in [0.1, 0.15) is 0 Å². The lowest BCUT2D eigenvalue weighted by molar-refractivity contribution is -0.157. The van der Waals surface area contributed by atoms with Gasteiger partial charge in [-0.3, -0.25) is 0 Å². The Morgan fingerprint density at radius 1 is 1.40 bits per heavy atom. The highest BCUT2D eigenvalue weighted by atomic mass is 16.6. The summed E-state index contributed by atoms with van der Waals surface area (Å²) in [5.74, 6) is 0. The SMILES string of the molecule is CC(C)OC(O)C(C)(C)N. The Morgan fingerprint density at radius 2 is 1.80 bits per heavy atom. The van der Waals surface area contributed by atoms with E-state index in [1.54, 1.807) is 13.8 Å². The van der Waals surface area contributed by atoms with Crippen molar-refractivity contribution in [1.29, 1.82) is 0 Å². The zero-order chi connectivity index (χ0) is 8.36. The van der Waals surface area contributed by atoms with Gasteiger partial charge in [-0.1, -0.05) is 0 Å². The van der Waals surface area contributed by atoms with Gasteiger partial charge in [-0.15, -0.1) is 0 Å². The van der Waals surface area contributed by atoms with Crippen LogP contribution in [0.2, 0.25) is 0 Å². The van der Waals surface area contributed by atoms with E-state index in [0.717, 1.165) is 0 Å². The minimum Gasteiger partial charge on any atom is -0.366 e. The first-order chi connectivity index (χ1) is 4.34. The third-order valence-electron chi connectivity index (χ3n) is 1.04. The highest BCUT2D eigenvalue weighted by Gasteiger charge is 2.23. The summed E-state index contributed by atoms with van der Waals surface area (Å²) in [5.41, 5.74) is 4.88. The van der Waals surface area contributed by atoms with Crippen molar-refractivity contribution in [1.82, 2.24) is 0 Å². The smallest absolute Gasteiger partial charge is 0.172 e. The van der Waals surface area contributed by atoms with Crippen LogP contribution in [0.1, 0.15) is 27.7 Å². The van der Waals surface area contributed by atoms with Crippen molar-refractivity contribution >= 4 is 0 Å². The molecular weight excluding hydrogens is 130 g/mol. The van der Waals surface area contributed by atoms with Gasteiger partial charge in [-0.2, -0.15) is 0 Å². The summed E-state index contributed by atoms with van der Waals surface area (Å²) >= 11 is 0. The molecule has 3 nitrogen and oxygen atoms in total. The molecule has 62 valence electrons. The molecule has 10 heavy (non-hydrogen) atoms. The molecule has 0 amide bonds. The molecule has 0 heterocycles. The number of ether oxygens (including phenoxy) is 1. The van der Waals surface area contributed by atoms with Gasteiger partial charge in [0.25, 0.3) is 0 Å². The van der Waals surface area contributed by atoms with E-state index in [1.165, 1.54) is 0 Å². The van der Waals surface area contributed by atoms with Crippen molar-refractivity contribution in [3.05, 3.63) is 0 Å². The molecule has 0 aliphatic carbocycles. The van der Waals surface area contributed by atoms with Crippen LogP contribution in [0.5, 0.6) is 0 Å². The molecule has 0 rings (SSSR count). The van der Waals surface area contributed by atoms with E-state index >= 15 is 0 Å². The molecule has 0 saturated heterocycles. The lowest BCUT2D eigenvalue weighted by Gasteiger charge is -2.27. The predicted octanol–water partition coefficient (Wildman–Crippen LogP) is 0.467. The lowest BCUT2D eigenvalue weighted by atomic mass is 10.1. The maximum atomic E-state index is 9.21. The van der Waals surface area contributed by atoms with Crippen LogP contribution in [-0.4, -0.2) is 23.0 Å². The van der Waals surface area contributed by atoms with Crippen molar-refractivity contribution in [3.63, 3.8) is 0 Å². The van der Waals surface area contributed by atoms with E-state index in [1.807, 2.05) is 13.8 Å². The molecule has 0 aliphatic rings. The number of rotatable bonds is 3. The minimum atomic E-state index is -0.882. The average Bonchev–Trinajstić information content (AvgIpc) is 1.60. The first-order valence-corrected chi connectivity index (χ1v) is 3.46. The molecule has 0 aromatic rings. The standard InChI is InChI=1S/C7H17NO2/c1-5(2)10-6(9)7(3,4)8/h5-6,9H,8H2,1-4H3. The Hall–Kier alpha value is -0.120. The third kappa shape index (κ3) is 3.82. The van der Waals surface area contributed by atoms with Crippen molar-refractivity contribution in [2.45, 2.75) is 45.6 Å². The van der Waals surface area contributed by atoms with Crippen LogP contribution in [0.15, 0.2) is 0 Å². The summed E-state index contributed by atoms with van der Waals surface area (Å²) in [6.07, 6.45) is -0.870. The first kappa shape index (κ1) is 9.88. The molecule has 0 aromatic carbocycles. The van der Waals surface area contributed by atoms with Crippen molar-refractivity contribution in [2.24, 2.45) is 5.73 Å². The highest BCUT2D eigenvalue weighted by molar-refractivity contribution is 4.75. The molecule has 0 aliphatic heterocycles. The van der Waals surface area contributed by atoms with Crippen LogP contribution in [-0.2, 0) is 4.74 Å². The normalized spacial score (nSPS) is 15.9. The van der Waals surface area contributed by atoms with Gasteiger partial charge in [-0.05, 0) is 27.7 Å². The minimum absolute atomic E-state index is 0.0119. The molecule has 0 radical (unpaired) electrons. The second-order valence-electron chi connectivity index (χ2n) is 3.36. The molecule has 0 saturated carbocycles. The summed E-state index contributed by atoms with van der Waals surface area (Å²) in [4.78, 5) is 0. The summed E-state index contributed by atoms with van der Waals surface area (Å²) in [7, 11) is 0. The number of aliphatic hydroxyl groups is 1. The molecular formula is C7H17NO2. The van der Waals surface area contributed by atoms with Gasteiger partial charge in [0.05, 0.1) is 11.6 Å². The number of hydrogen-bond acceptors (Lipinski definition) is 3. The molecule has 0 aromatic heterocycles. The third-order valence-corrected chi connectivity index (χ3v) is 1.04. The van der Waals surface area contributed by atoms with Gasteiger partial charge in [-0.25, -0.2) is 0 Å². The second-order valence-corrected chi connectivity index (χ2v) is 3.36. The lowest BCUT2D eigenvalue weighted by Crippen LogP contribution is -2.47. The van der Waals surface area contributed by atoms with E-state index in [4.69, 9.17) is 10.5 Å². The van der Waals surface area contributed by atoms with Crippen LogP contribution in [0, 0.1) is 0 Å². The van der Waals surface area contributed by atoms with Gasteiger partial charge in [0.2, 0.25) is 0 Å². The fourth-order valence-corrected chi connectivity index (χ4v) is 0.433. The monoisotopic (exact) mass is 147 g/mol. The predicted molar refractivity (Wildman–Crippen MR) is 40.5 cm³/mol. The number of aliphatic hydroxyl groups excluding tert-OH is 1. The van der Waals surface area contributed by atoms with Crippen molar-refractivity contribution in [2.75, 3.05) is 0 Å². The van der Waals surface area contributed by atoms with E-state index in [9.17, 15) is 5.11 Å². The van der Waals surface area contributed by atoms with E-state index in [-0.39, 0.29) is 6.10 Å². The molecule has 3 N–H and O–H groups in total. The summed E-state index contributed by atoms with van der Waals surface area (Å²) in [5, 5.41) is 9.21. The number of hydrogen-bond donors (Lipinski definition) is 2. The van der Waals surface area contributed by atoms with Gasteiger partial charge >= 0.3 is 0 Å². The highest BCUT2D eigenvalue weighted by Crippen LogP contribution is 2.07. The van der Waals surface area contributed by atoms with Crippen LogP contribution < -0.4 is 5.73 Å². The van der Waals surface area contributed by atoms with E-state index in [2.05, 4.69) is 0 Å². The molecule has 0 bridgehead atoms. The topological polar surface area (TPSA) is 55.5 Å². The van der Waals surface area contributed by atoms with Gasteiger partial charge in [0.15, 0.2) is 6.29 Å². The van der Waals surface area contributed by atoms with Gasteiger partial charge < -0.3 is 15.6 Å². The zero-order valence-corrected chi connectivity index (χ0v) is 7.09. The van der Waals surface area contributed by atoms with Gasteiger partial charge in [0, 0.05) is 0 Å². The van der Waals surface area contributed by atoms with Crippen LogP contribution in [0.3, 0.4) is 0 Å². The van der Waals surface area contributed by atoms with Crippen LogP contribution in [0.25, 0.3) is 0 Å². The summed E-state index contributed by atoms with van der Waals surface area (Å²) in [6, 6.07) is 0. The van der Waals surface area contributed by atoms with Crippen LogP contribution >= 0.6 is 0 Å². The Labute approximate surface area is 62.2 Å². The number of nitrogens with two attached hydrogens (primary N) is 1. The molecule has 0 fully saturated rings. The summed E-state index contributed by atoms with van der Waals surface area (Å²) in [6.45, 7) is 7.16. The Kier molecular flexibility index (Phi) is 3.28. The van der Waals surface area contributed by atoms with E-state index < -0.39 is 11.8 Å². The second kappa shape index (κ2) is 3.32. The largest absolute Gasteiger partial charge is 0.366 e. The van der Waals surface area contributed by atoms with Crippen LogP contribution in [0.4, 0.5) is 0 Å². The molecule has 1 atom stereocenters. The zero-order valence-electron chi connectivity index (χ0n) is 7.09. The maximum absolute atomic E-state index is 9.21. The maximum Gasteiger partial charge on any atom is 0.172 e. The Bertz CT molecular complexity index is 96.3. The average molecular weight is 147 g/mol. The van der Waals surface area contributed by atoms with Crippen molar-refractivity contribution in [3.8, 4) is 0 Å². The molecule has 0 spiro atoms. The quantitative estimate of drug-likeness (QED) is 0.570. The fourth-order valence-electron chi connectivity index (χ4n) is 0.433. The Balaban J connectivity index is 3.73. The van der Waals surface area contributed by atoms with Crippen molar-refractivity contribution < 1.29 is 9.84 Å². The molecule has 3 heteroatoms.